The van der Waals surface area contributed by atoms with Crippen LogP contribution in [0.3, 0.4) is 0 Å². The zero-order valence-electron chi connectivity index (χ0n) is 9.73. The highest BCUT2D eigenvalue weighted by Gasteiger charge is 2.16. The molecule has 0 saturated carbocycles. The van der Waals surface area contributed by atoms with Crippen LogP contribution < -0.4 is 4.74 Å². The molecule has 18 heavy (non-hydrogen) atoms. The second-order valence-corrected chi connectivity index (χ2v) is 5.84. The molecule has 0 fully saturated rings. The average molecular weight is 399 g/mol. The van der Waals surface area contributed by atoms with Gasteiger partial charge in [0.1, 0.15) is 5.75 Å². The van der Waals surface area contributed by atoms with Gasteiger partial charge in [0.15, 0.2) is 0 Å². The molecule has 0 aliphatic heterocycles. The van der Waals surface area contributed by atoms with E-state index in [2.05, 4.69) is 51.4 Å². The number of nitro groups is 1. The molecular weight excluding hydrogens is 386 g/mol. The molecule has 0 heterocycles. The fourth-order valence-electron chi connectivity index (χ4n) is 1.29. The van der Waals surface area contributed by atoms with Gasteiger partial charge in [-0.1, -0.05) is 6.92 Å². The molecule has 7 heteroatoms. The third-order valence-corrected chi connectivity index (χ3v) is 4.19. The van der Waals surface area contributed by atoms with E-state index >= 15 is 0 Å². The fourth-order valence-corrected chi connectivity index (χ4v) is 3.05. The lowest BCUT2D eigenvalue weighted by atomic mass is 10.1. The van der Waals surface area contributed by atoms with Gasteiger partial charge in [0.05, 0.1) is 20.5 Å². The standard InChI is InChI=1S/C11H13Br2NO3S/c1-2-7(6-18)5-17-11-9(12)3-8(14(15)16)4-10(11)13/h3-4,7,18H,2,5-6H2,1H3. The molecule has 1 aromatic carbocycles. The molecule has 0 aliphatic rings. The summed E-state index contributed by atoms with van der Waals surface area (Å²) in [5.74, 6) is 1.70. The Labute approximate surface area is 128 Å². The topological polar surface area (TPSA) is 52.4 Å². The third-order valence-electron chi connectivity index (χ3n) is 2.49. The molecule has 0 aliphatic carbocycles. The molecule has 0 N–H and O–H groups in total. The van der Waals surface area contributed by atoms with Crippen molar-refractivity contribution in [2.24, 2.45) is 5.92 Å². The number of nitrogens with zero attached hydrogens (tertiary/aromatic N) is 1. The molecule has 1 rings (SSSR count). The van der Waals surface area contributed by atoms with Crippen LogP contribution in [-0.4, -0.2) is 17.3 Å². The van der Waals surface area contributed by atoms with Crippen molar-refractivity contribution in [3.8, 4) is 5.75 Å². The van der Waals surface area contributed by atoms with Crippen LogP contribution in [0, 0.1) is 16.0 Å². The second-order valence-electron chi connectivity index (χ2n) is 3.76. The lowest BCUT2D eigenvalue weighted by molar-refractivity contribution is -0.385. The van der Waals surface area contributed by atoms with Crippen molar-refractivity contribution >= 4 is 50.2 Å². The average Bonchev–Trinajstić information content (AvgIpc) is 2.32. The number of nitro benzene ring substituents is 1. The van der Waals surface area contributed by atoms with Crippen LogP contribution in [0.5, 0.6) is 5.75 Å². The molecule has 0 aromatic heterocycles. The lowest BCUT2D eigenvalue weighted by Gasteiger charge is -2.15. The predicted octanol–water partition coefficient (Wildman–Crippen LogP) is 4.45. The summed E-state index contributed by atoms with van der Waals surface area (Å²) in [6.45, 7) is 2.61. The molecule has 0 bridgehead atoms. The number of hydrogen-bond acceptors (Lipinski definition) is 4. The first kappa shape index (κ1) is 15.8. The van der Waals surface area contributed by atoms with Crippen LogP contribution in [0.2, 0.25) is 0 Å². The van der Waals surface area contributed by atoms with E-state index in [-0.39, 0.29) is 5.69 Å². The summed E-state index contributed by atoms with van der Waals surface area (Å²) in [7, 11) is 0. The molecule has 1 atom stereocenters. The van der Waals surface area contributed by atoms with Gasteiger partial charge >= 0.3 is 0 Å². The Balaban J connectivity index is 2.87. The van der Waals surface area contributed by atoms with E-state index in [1.54, 1.807) is 0 Å². The van der Waals surface area contributed by atoms with Crippen molar-refractivity contribution in [1.29, 1.82) is 0 Å². The Hall–Kier alpha value is -0.270. The van der Waals surface area contributed by atoms with Gasteiger partial charge in [-0.05, 0) is 44.0 Å². The summed E-state index contributed by atoms with van der Waals surface area (Å²) < 4.78 is 6.82. The maximum atomic E-state index is 10.7. The summed E-state index contributed by atoms with van der Waals surface area (Å²) in [6, 6.07) is 2.86. The number of ether oxygens (including phenoxy) is 1. The number of rotatable bonds is 6. The highest BCUT2D eigenvalue weighted by molar-refractivity contribution is 9.11. The van der Waals surface area contributed by atoms with E-state index in [0.717, 1.165) is 12.2 Å². The van der Waals surface area contributed by atoms with E-state index in [9.17, 15) is 10.1 Å². The molecule has 0 saturated heterocycles. The van der Waals surface area contributed by atoms with E-state index in [1.807, 2.05) is 0 Å². The van der Waals surface area contributed by atoms with Crippen molar-refractivity contribution in [3.05, 3.63) is 31.2 Å². The lowest BCUT2D eigenvalue weighted by Crippen LogP contribution is -2.13. The number of non-ortho nitro benzene ring substituents is 1. The number of benzene rings is 1. The Bertz CT molecular complexity index is 415. The summed E-state index contributed by atoms with van der Waals surface area (Å²) in [5.41, 5.74) is 0.0161. The van der Waals surface area contributed by atoms with Gasteiger partial charge in [-0.2, -0.15) is 12.6 Å². The maximum absolute atomic E-state index is 10.7. The SMILES string of the molecule is CCC(CS)COc1c(Br)cc([N+](=O)[O-])cc1Br. The van der Waals surface area contributed by atoms with E-state index in [4.69, 9.17) is 4.74 Å². The van der Waals surface area contributed by atoms with Gasteiger partial charge in [0.2, 0.25) is 0 Å². The molecular formula is C11H13Br2NO3S. The van der Waals surface area contributed by atoms with Crippen molar-refractivity contribution in [3.63, 3.8) is 0 Å². The van der Waals surface area contributed by atoms with E-state index in [0.29, 0.717) is 27.2 Å². The zero-order valence-corrected chi connectivity index (χ0v) is 13.8. The first-order valence-electron chi connectivity index (χ1n) is 5.36. The van der Waals surface area contributed by atoms with Crippen molar-refractivity contribution in [2.75, 3.05) is 12.4 Å². The van der Waals surface area contributed by atoms with E-state index in [1.165, 1.54) is 12.1 Å². The summed E-state index contributed by atoms with van der Waals surface area (Å²) in [5, 5.41) is 10.7. The van der Waals surface area contributed by atoms with Gasteiger partial charge in [-0.15, -0.1) is 0 Å². The zero-order chi connectivity index (χ0) is 13.7. The molecule has 1 aromatic rings. The maximum Gasteiger partial charge on any atom is 0.271 e. The number of halogens is 2. The Morgan fingerprint density at radius 2 is 2.00 bits per heavy atom. The van der Waals surface area contributed by atoms with Crippen LogP contribution in [0.4, 0.5) is 5.69 Å². The first-order valence-corrected chi connectivity index (χ1v) is 7.58. The van der Waals surface area contributed by atoms with Crippen LogP contribution >= 0.6 is 44.5 Å². The predicted molar refractivity (Wildman–Crippen MR) is 81.6 cm³/mol. The highest BCUT2D eigenvalue weighted by Crippen LogP contribution is 2.37. The quantitative estimate of drug-likeness (QED) is 0.437. The van der Waals surface area contributed by atoms with E-state index < -0.39 is 4.92 Å². The van der Waals surface area contributed by atoms with Gasteiger partial charge in [-0.25, -0.2) is 0 Å². The van der Waals surface area contributed by atoms with Crippen molar-refractivity contribution in [2.45, 2.75) is 13.3 Å². The summed E-state index contributed by atoms with van der Waals surface area (Å²) >= 11 is 10.8. The largest absolute Gasteiger partial charge is 0.491 e. The van der Waals surface area contributed by atoms with Gasteiger partial charge in [0.25, 0.3) is 5.69 Å². The van der Waals surface area contributed by atoms with Crippen LogP contribution in [0.15, 0.2) is 21.1 Å². The van der Waals surface area contributed by atoms with Gasteiger partial charge in [-0.3, -0.25) is 10.1 Å². The number of hydrogen-bond donors (Lipinski definition) is 1. The fraction of sp³-hybridized carbons (Fsp3) is 0.455. The second kappa shape index (κ2) is 7.35. The van der Waals surface area contributed by atoms with Crippen molar-refractivity contribution < 1.29 is 9.66 Å². The van der Waals surface area contributed by atoms with Crippen molar-refractivity contribution in [1.82, 2.24) is 0 Å². The molecule has 0 amide bonds. The Morgan fingerprint density at radius 1 is 1.44 bits per heavy atom. The molecule has 0 radical (unpaired) electrons. The van der Waals surface area contributed by atoms with Crippen LogP contribution in [0.25, 0.3) is 0 Å². The smallest absolute Gasteiger partial charge is 0.271 e. The number of thiol groups is 1. The Morgan fingerprint density at radius 3 is 2.39 bits per heavy atom. The minimum Gasteiger partial charge on any atom is -0.491 e. The molecule has 0 spiro atoms. The molecule has 100 valence electrons. The minimum absolute atomic E-state index is 0.0161. The summed E-state index contributed by atoms with van der Waals surface area (Å²) in [6.07, 6.45) is 0.978. The normalized spacial score (nSPS) is 12.2. The van der Waals surface area contributed by atoms with Gasteiger partial charge in [0, 0.05) is 18.1 Å². The first-order chi connectivity index (χ1) is 8.49. The monoisotopic (exact) mass is 397 g/mol. The molecule has 1 unspecified atom stereocenters. The summed E-state index contributed by atoms with van der Waals surface area (Å²) in [4.78, 5) is 10.2. The third kappa shape index (κ3) is 4.13. The minimum atomic E-state index is -0.443. The van der Waals surface area contributed by atoms with Crippen LogP contribution in [-0.2, 0) is 0 Å². The van der Waals surface area contributed by atoms with Gasteiger partial charge < -0.3 is 4.74 Å². The van der Waals surface area contributed by atoms with Crippen LogP contribution in [0.1, 0.15) is 13.3 Å². The molecule has 4 nitrogen and oxygen atoms in total. The highest BCUT2D eigenvalue weighted by atomic mass is 79.9. The Kier molecular flexibility index (Phi) is 6.45.